The molecule has 0 N–H and O–H groups in total. The summed E-state index contributed by atoms with van der Waals surface area (Å²) in [6.45, 7) is 3.16. The summed E-state index contributed by atoms with van der Waals surface area (Å²) >= 11 is 0. The fraction of sp³-hybridized carbons (Fsp3) is 0.304. The number of hydrogen-bond acceptors (Lipinski definition) is 4. The molecule has 148 valence electrons. The number of carbonyl (C=O) groups excluding carboxylic acids is 1. The number of fused-ring (bicyclic) bond motifs is 3. The van der Waals surface area contributed by atoms with Crippen LogP contribution in [0.5, 0.6) is 5.75 Å². The van der Waals surface area contributed by atoms with Crippen LogP contribution < -0.4 is 4.74 Å². The van der Waals surface area contributed by atoms with Crippen LogP contribution >= 0.6 is 0 Å². The largest absolute Gasteiger partial charge is 0.497 e. The van der Waals surface area contributed by atoms with Gasteiger partial charge in [0.15, 0.2) is 0 Å². The lowest BCUT2D eigenvalue weighted by atomic mass is 10.0. The first-order valence-corrected chi connectivity index (χ1v) is 9.96. The van der Waals surface area contributed by atoms with E-state index in [2.05, 4.69) is 20.5 Å². The topological polar surface area (TPSA) is 50.6 Å². The maximum atomic E-state index is 13.3. The third-order valence-corrected chi connectivity index (χ3v) is 5.97. The molecular formula is C23H24N4O2. The Morgan fingerprint density at radius 2 is 1.83 bits per heavy atom. The molecule has 2 atom stereocenters. The molecule has 2 aromatic heterocycles. The molecule has 4 heterocycles. The predicted octanol–water partition coefficient (Wildman–Crippen LogP) is 2.97. The van der Waals surface area contributed by atoms with Crippen molar-refractivity contribution in [3.63, 3.8) is 0 Å². The van der Waals surface area contributed by atoms with Crippen molar-refractivity contribution in [2.24, 2.45) is 0 Å². The van der Waals surface area contributed by atoms with E-state index in [-0.39, 0.29) is 18.0 Å². The molecule has 1 fully saturated rings. The van der Waals surface area contributed by atoms with Crippen LogP contribution in [0.1, 0.15) is 27.8 Å². The number of hydrogen-bond donors (Lipinski definition) is 0. The van der Waals surface area contributed by atoms with Gasteiger partial charge in [0.1, 0.15) is 11.4 Å². The molecule has 0 aliphatic carbocycles. The highest BCUT2D eigenvalue weighted by Gasteiger charge is 2.44. The highest BCUT2D eigenvalue weighted by Crippen LogP contribution is 2.35. The number of aromatic nitrogens is 2. The molecule has 0 spiro atoms. The van der Waals surface area contributed by atoms with Gasteiger partial charge in [0.2, 0.25) is 0 Å². The molecule has 5 rings (SSSR count). The summed E-state index contributed by atoms with van der Waals surface area (Å²) < 4.78 is 7.42. The first kappa shape index (κ1) is 17.9. The van der Waals surface area contributed by atoms with Crippen LogP contribution in [0.4, 0.5) is 0 Å². The summed E-state index contributed by atoms with van der Waals surface area (Å²) in [5.41, 5.74) is 2.95. The Hall–Kier alpha value is -3.12. The van der Waals surface area contributed by atoms with Crippen molar-refractivity contribution in [3.8, 4) is 5.75 Å². The number of amides is 1. The van der Waals surface area contributed by atoms with Gasteiger partial charge in [-0.2, -0.15) is 0 Å². The molecule has 0 radical (unpaired) electrons. The Kier molecular flexibility index (Phi) is 4.56. The molecule has 6 heteroatoms. The Morgan fingerprint density at radius 1 is 1.00 bits per heavy atom. The van der Waals surface area contributed by atoms with Gasteiger partial charge in [-0.25, -0.2) is 0 Å². The Labute approximate surface area is 170 Å². The molecule has 2 aliphatic heterocycles. The average Bonchev–Trinajstić information content (AvgIpc) is 3.39. The average molecular weight is 388 g/mol. The number of methoxy groups -OCH3 is 1. The number of carbonyl (C=O) groups is 1. The second-order valence-electron chi connectivity index (χ2n) is 7.73. The van der Waals surface area contributed by atoms with Crippen molar-refractivity contribution in [1.29, 1.82) is 0 Å². The van der Waals surface area contributed by atoms with Crippen LogP contribution in [-0.2, 0) is 13.1 Å². The molecule has 0 unspecified atom stereocenters. The van der Waals surface area contributed by atoms with Crippen LogP contribution in [0.3, 0.4) is 0 Å². The van der Waals surface area contributed by atoms with Crippen LogP contribution in [0.2, 0.25) is 0 Å². The highest BCUT2D eigenvalue weighted by molar-refractivity contribution is 5.94. The SMILES string of the molecule is COc1ccc(CN2C(=O)c3cccn3[C@@H]3CN(Cc4ccccn4)C[C@@H]32)cc1. The summed E-state index contributed by atoms with van der Waals surface area (Å²) in [5.74, 6) is 0.930. The van der Waals surface area contributed by atoms with E-state index in [1.54, 1.807) is 7.11 Å². The van der Waals surface area contributed by atoms with E-state index in [0.29, 0.717) is 6.54 Å². The van der Waals surface area contributed by atoms with Crippen LogP contribution in [0.15, 0.2) is 67.0 Å². The maximum absolute atomic E-state index is 13.3. The van der Waals surface area contributed by atoms with Gasteiger partial charge < -0.3 is 14.2 Å². The number of nitrogens with zero attached hydrogens (tertiary/aromatic N) is 4. The van der Waals surface area contributed by atoms with Gasteiger partial charge in [-0.15, -0.1) is 0 Å². The van der Waals surface area contributed by atoms with Crippen LogP contribution in [0, 0.1) is 0 Å². The summed E-state index contributed by atoms with van der Waals surface area (Å²) in [6.07, 6.45) is 3.88. The van der Waals surface area contributed by atoms with Gasteiger partial charge in [-0.1, -0.05) is 18.2 Å². The van der Waals surface area contributed by atoms with Crippen molar-refractivity contribution < 1.29 is 9.53 Å². The van der Waals surface area contributed by atoms with Gasteiger partial charge >= 0.3 is 0 Å². The lowest BCUT2D eigenvalue weighted by molar-refractivity contribution is 0.0556. The Bertz CT molecular complexity index is 999. The third-order valence-electron chi connectivity index (χ3n) is 5.97. The molecule has 1 amide bonds. The summed E-state index contributed by atoms with van der Waals surface area (Å²) in [4.78, 5) is 22.2. The lowest BCUT2D eigenvalue weighted by Gasteiger charge is -2.38. The van der Waals surface area contributed by atoms with Gasteiger partial charge in [0.05, 0.1) is 24.9 Å². The van der Waals surface area contributed by atoms with Crippen molar-refractivity contribution in [3.05, 3.63) is 83.9 Å². The molecule has 1 saturated heterocycles. The molecule has 1 aromatic carbocycles. The van der Waals surface area contributed by atoms with Gasteiger partial charge in [0.25, 0.3) is 5.91 Å². The van der Waals surface area contributed by atoms with Crippen LogP contribution in [-0.4, -0.2) is 51.5 Å². The van der Waals surface area contributed by atoms with Gasteiger partial charge in [-0.3, -0.25) is 14.7 Å². The van der Waals surface area contributed by atoms with E-state index < -0.39 is 0 Å². The van der Waals surface area contributed by atoms with E-state index in [1.165, 1.54) is 0 Å². The molecule has 3 aromatic rings. The fourth-order valence-electron chi connectivity index (χ4n) is 4.56. The molecular weight excluding hydrogens is 364 g/mol. The number of rotatable bonds is 5. The molecule has 2 aliphatic rings. The number of benzene rings is 1. The first-order chi connectivity index (χ1) is 14.2. The third kappa shape index (κ3) is 3.29. The normalized spacial score (nSPS) is 21.1. The molecule has 0 bridgehead atoms. The van der Waals surface area contributed by atoms with Crippen molar-refractivity contribution in [1.82, 2.24) is 19.4 Å². The Morgan fingerprint density at radius 3 is 2.59 bits per heavy atom. The lowest BCUT2D eigenvalue weighted by Crippen LogP contribution is -2.49. The van der Waals surface area contributed by atoms with E-state index in [1.807, 2.05) is 65.8 Å². The zero-order valence-corrected chi connectivity index (χ0v) is 16.4. The van der Waals surface area contributed by atoms with Crippen molar-refractivity contribution >= 4 is 5.91 Å². The van der Waals surface area contributed by atoms with Crippen LogP contribution in [0.25, 0.3) is 0 Å². The van der Waals surface area contributed by atoms with E-state index >= 15 is 0 Å². The fourth-order valence-corrected chi connectivity index (χ4v) is 4.56. The predicted molar refractivity (Wildman–Crippen MR) is 110 cm³/mol. The summed E-state index contributed by atoms with van der Waals surface area (Å²) in [7, 11) is 1.66. The standard InChI is InChI=1S/C23H24N4O2/c1-29-19-9-7-17(8-10-19)13-27-22-16-25(14-18-5-2-3-11-24-18)15-21(22)26-12-4-6-20(26)23(27)28/h2-12,21-22H,13-16H2,1H3/t21-,22+/m1/s1. The minimum atomic E-state index is 0.103. The number of pyridine rings is 1. The summed E-state index contributed by atoms with van der Waals surface area (Å²) in [5, 5.41) is 0. The first-order valence-electron chi connectivity index (χ1n) is 9.96. The minimum absolute atomic E-state index is 0.103. The Balaban J connectivity index is 1.41. The number of ether oxygens (including phenoxy) is 1. The van der Waals surface area contributed by atoms with E-state index in [4.69, 9.17) is 4.74 Å². The van der Waals surface area contributed by atoms with Crippen molar-refractivity contribution in [2.75, 3.05) is 20.2 Å². The monoisotopic (exact) mass is 388 g/mol. The summed E-state index contributed by atoms with van der Waals surface area (Å²) in [6, 6.07) is 18.3. The molecule has 0 saturated carbocycles. The smallest absolute Gasteiger partial charge is 0.271 e. The molecule has 6 nitrogen and oxygen atoms in total. The van der Waals surface area contributed by atoms with E-state index in [9.17, 15) is 4.79 Å². The number of likely N-dealkylation sites (tertiary alicyclic amines) is 1. The van der Waals surface area contributed by atoms with Gasteiger partial charge in [0, 0.05) is 38.6 Å². The zero-order valence-electron chi connectivity index (χ0n) is 16.4. The van der Waals surface area contributed by atoms with Crippen molar-refractivity contribution in [2.45, 2.75) is 25.2 Å². The minimum Gasteiger partial charge on any atom is -0.497 e. The zero-order chi connectivity index (χ0) is 19.8. The van der Waals surface area contributed by atoms with E-state index in [0.717, 1.165) is 42.3 Å². The maximum Gasteiger partial charge on any atom is 0.271 e. The second-order valence-corrected chi connectivity index (χ2v) is 7.73. The quantitative estimate of drug-likeness (QED) is 0.674. The van der Waals surface area contributed by atoms with Gasteiger partial charge in [-0.05, 0) is 42.0 Å². The molecule has 29 heavy (non-hydrogen) atoms. The second kappa shape index (κ2) is 7.37. The highest BCUT2D eigenvalue weighted by atomic mass is 16.5.